The van der Waals surface area contributed by atoms with Crippen LogP contribution in [0.3, 0.4) is 0 Å². The van der Waals surface area contributed by atoms with Crippen LogP contribution in [0.15, 0.2) is 18.2 Å². The molecule has 17 heavy (non-hydrogen) atoms. The molecule has 1 aromatic carbocycles. The fourth-order valence-corrected chi connectivity index (χ4v) is 1.39. The molecule has 94 valence electrons. The number of benzene rings is 1. The number of hydrogen-bond acceptors (Lipinski definition) is 4. The van der Waals surface area contributed by atoms with Gasteiger partial charge < -0.3 is 20.5 Å². The van der Waals surface area contributed by atoms with E-state index in [1.54, 1.807) is 14.2 Å². The van der Waals surface area contributed by atoms with Gasteiger partial charge in [-0.15, -0.1) is 0 Å². The second-order valence-electron chi connectivity index (χ2n) is 3.75. The zero-order chi connectivity index (χ0) is 12.8. The van der Waals surface area contributed by atoms with E-state index in [1.165, 1.54) is 0 Å². The lowest BCUT2D eigenvalue weighted by Gasteiger charge is -2.15. The maximum absolute atomic E-state index is 5.56. The van der Waals surface area contributed by atoms with Crippen molar-refractivity contribution in [3.63, 3.8) is 0 Å². The van der Waals surface area contributed by atoms with Crippen molar-refractivity contribution >= 4 is 22.9 Å². The lowest BCUT2D eigenvalue weighted by Crippen LogP contribution is -2.25. The molecule has 0 bridgehead atoms. The summed E-state index contributed by atoms with van der Waals surface area (Å²) >= 11 is 4.92. The third-order valence-corrected chi connectivity index (χ3v) is 2.90. The molecule has 0 saturated heterocycles. The summed E-state index contributed by atoms with van der Waals surface area (Å²) in [4.78, 5) is 0.505. The lowest BCUT2D eigenvalue weighted by molar-refractivity contribution is 0.395. The molecule has 0 radical (unpaired) electrons. The molecule has 3 N–H and O–H groups in total. The van der Waals surface area contributed by atoms with Crippen molar-refractivity contribution in [3.8, 4) is 11.5 Å². The minimum Gasteiger partial charge on any atom is -0.497 e. The number of nitrogens with one attached hydrogen (secondary N) is 1. The van der Waals surface area contributed by atoms with Gasteiger partial charge in [0.15, 0.2) is 0 Å². The largest absolute Gasteiger partial charge is 0.497 e. The molecule has 0 aliphatic heterocycles. The highest BCUT2D eigenvalue weighted by Gasteiger charge is 2.08. The molecule has 0 aliphatic carbocycles. The number of methoxy groups -OCH3 is 2. The van der Waals surface area contributed by atoms with E-state index in [9.17, 15) is 0 Å². The van der Waals surface area contributed by atoms with Gasteiger partial charge in [0.05, 0.1) is 24.9 Å². The minimum atomic E-state index is 0.136. The highest BCUT2D eigenvalue weighted by Crippen LogP contribution is 2.29. The van der Waals surface area contributed by atoms with Crippen molar-refractivity contribution in [3.05, 3.63) is 18.2 Å². The van der Waals surface area contributed by atoms with Crippen molar-refractivity contribution in [1.82, 2.24) is 0 Å². The molecule has 0 saturated carbocycles. The maximum Gasteiger partial charge on any atom is 0.145 e. The molecular formula is C12H18N2O2S. The molecule has 0 amide bonds. The van der Waals surface area contributed by atoms with Crippen LogP contribution in [-0.4, -0.2) is 25.8 Å². The Bertz CT molecular complexity index is 396. The van der Waals surface area contributed by atoms with Gasteiger partial charge in [0.25, 0.3) is 0 Å². The second kappa shape index (κ2) is 6.30. The number of rotatable bonds is 6. The predicted octanol–water partition coefficient (Wildman–Crippen LogP) is 2.04. The summed E-state index contributed by atoms with van der Waals surface area (Å²) in [6, 6.07) is 5.61. The van der Waals surface area contributed by atoms with E-state index >= 15 is 0 Å². The fraction of sp³-hybridized carbons (Fsp3) is 0.417. The van der Waals surface area contributed by atoms with E-state index in [0.717, 1.165) is 17.2 Å². The van der Waals surface area contributed by atoms with Crippen LogP contribution in [0.5, 0.6) is 11.5 Å². The van der Waals surface area contributed by atoms with Crippen LogP contribution in [0.1, 0.15) is 6.92 Å². The summed E-state index contributed by atoms with van der Waals surface area (Å²) in [6.45, 7) is 2.66. The summed E-state index contributed by atoms with van der Waals surface area (Å²) < 4.78 is 10.4. The summed E-state index contributed by atoms with van der Waals surface area (Å²) in [5.41, 5.74) is 6.46. The Morgan fingerprint density at radius 3 is 2.65 bits per heavy atom. The SMILES string of the molecule is COc1ccc(NCC(C)C(N)=S)c(OC)c1. The molecule has 1 unspecified atom stereocenters. The summed E-state index contributed by atoms with van der Waals surface area (Å²) in [5.74, 6) is 1.63. The van der Waals surface area contributed by atoms with Crippen molar-refractivity contribution in [2.75, 3.05) is 26.1 Å². The first-order chi connectivity index (χ1) is 8.08. The highest BCUT2D eigenvalue weighted by molar-refractivity contribution is 7.80. The van der Waals surface area contributed by atoms with Crippen LogP contribution < -0.4 is 20.5 Å². The minimum absolute atomic E-state index is 0.136. The van der Waals surface area contributed by atoms with E-state index in [4.69, 9.17) is 27.4 Å². The van der Waals surface area contributed by atoms with Gasteiger partial charge in [0.1, 0.15) is 11.5 Å². The van der Waals surface area contributed by atoms with Crippen LogP contribution in [0, 0.1) is 5.92 Å². The van der Waals surface area contributed by atoms with Gasteiger partial charge in [0, 0.05) is 18.5 Å². The molecule has 0 fully saturated rings. The number of nitrogens with two attached hydrogens (primary N) is 1. The topological polar surface area (TPSA) is 56.5 Å². The van der Waals surface area contributed by atoms with E-state index in [2.05, 4.69) is 5.32 Å². The summed E-state index contributed by atoms with van der Waals surface area (Å²) in [7, 11) is 3.24. The monoisotopic (exact) mass is 254 g/mol. The van der Waals surface area contributed by atoms with Gasteiger partial charge in [-0.3, -0.25) is 0 Å². The third kappa shape index (κ3) is 3.78. The Morgan fingerprint density at radius 1 is 1.41 bits per heavy atom. The van der Waals surface area contributed by atoms with E-state index in [1.807, 2.05) is 25.1 Å². The smallest absolute Gasteiger partial charge is 0.145 e. The van der Waals surface area contributed by atoms with Gasteiger partial charge in [-0.05, 0) is 12.1 Å². The number of hydrogen-bond donors (Lipinski definition) is 2. The molecule has 1 rings (SSSR count). The van der Waals surface area contributed by atoms with Crippen LogP contribution in [0.25, 0.3) is 0 Å². The van der Waals surface area contributed by atoms with Gasteiger partial charge in [-0.2, -0.15) is 0 Å². The molecule has 0 heterocycles. The van der Waals surface area contributed by atoms with Crippen LogP contribution in [0.4, 0.5) is 5.69 Å². The maximum atomic E-state index is 5.56. The van der Waals surface area contributed by atoms with Crippen LogP contribution in [0.2, 0.25) is 0 Å². The van der Waals surface area contributed by atoms with Gasteiger partial charge in [0.2, 0.25) is 0 Å². The van der Waals surface area contributed by atoms with Gasteiger partial charge in [-0.25, -0.2) is 0 Å². The van der Waals surface area contributed by atoms with Crippen molar-refractivity contribution in [2.45, 2.75) is 6.92 Å². The summed E-state index contributed by atoms with van der Waals surface area (Å²) in [5, 5.41) is 3.25. The quantitative estimate of drug-likeness (QED) is 0.761. The predicted molar refractivity (Wildman–Crippen MR) is 74.0 cm³/mol. The molecule has 0 spiro atoms. The molecule has 1 aromatic rings. The number of ether oxygens (including phenoxy) is 2. The van der Waals surface area contributed by atoms with E-state index < -0.39 is 0 Å². The first-order valence-electron chi connectivity index (χ1n) is 5.33. The van der Waals surface area contributed by atoms with Crippen molar-refractivity contribution in [1.29, 1.82) is 0 Å². The molecule has 4 nitrogen and oxygen atoms in total. The summed E-state index contributed by atoms with van der Waals surface area (Å²) in [6.07, 6.45) is 0. The third-order valence-electron chi connectivity index (χ3n) is 2.49. The average Bonchev–Trinajstić information content (AvgIpc) is 2.35. The molecular weight excluding hydrogens is 236 g/mol. The Labute approximate surface area is 107 Å². The van der Waals surface area contributed by atoms with Crippen LogP contribution in [-0.2, 0) is 0 Å². The fourth-order valence-electron chi connectivity index (χ4n) is 1.31. The Kier molecular flexibility index (Phi) is 5.03. The van der Waals surface area contributed by atoms with Crippen molar-refractivity contribution < 1.29 is 9.47 Å². The second-order valence-corrected chi connectivity index (χ2v) is 4.22. The molecule has 5 heteroatoms. The Balaban J connectivity index is 2.73. The van der Waals surface area contributed by atoms with Crippen LogP contribution >= 0.6 is 12.2 Å². The number of anilines is 1. The van der Waals surface area contributed by atoms with Crippen molar-refractivity contribution in [2.24, 2.45) is 11.7 Å². The average molecular weight is 254 g/mol. The van der Waals surface area contributed by atoms with E-state index in [0.29, 0.717) is 11.5 Å². The first-order valence-corrected chi connectivity index (χ1v) is 5.74. The number of thiocarbonyl (C=S) groups is 1. The zero-order valence-corrected chi connectivity index (χ0v) is 11.1. The standard InChI is InChI=1S/C12H18N2O2S/c1-8(12(13)17)7-14-10-5-4-9(15-2)6-11(10)16-3/h4-6,8,14H,7H2,1-3H3,(H2,13,17). The normalized spacial score (nSPS) is 11.7. The van der Waals surface area contributed by atoms with Gasteiger partial charge in [-0.1, -0.05) is 19.1 Å². The van der Waals surface area contributed by atoms with Gasteiger partial charge >= 0.3 is 0 Å². The lowest BCUT2D eigenvalue weighted by atomic mass is 10.2. The van der Waals surface area contributed by atoms with E-state index in [-0.39, 0.29) is 5.92 Å². The Morgan fingerprint density at radius 2 is 2.12 bits per heavy atom. The first kappa shape index (κ1) is 13.6. The zero-order valence-electron chi connectivity index (χ0n) is 10.3. The highest BCUT2D eigenvalue weighted by atomic mass is 32.1. The molecule has 1 atom stereocenters. The molecule has 0 aliphatic rings. The molecule has 0 aromatic heterocycles. The Hall–Kier alpha value is -1.49.